The van der Waals surface area contributed by atoms with Gasteiger partial charge in [0, 0.05) is 5.69 Å². The van der Waals surface area contributed by atoms with Crippen LogP contribution in [0.2, 0.25) is 0 Å². The lowest BCUT2D eigenvalue weighted by atomic mass is 9.95. The molecule has 1 unspecified atom stereocenters. The largest absolute Gasteiger partial charge is 0.387 e. The zero-order chi connectivity index (χ0) is 12.1. The number of rotatable bonds is 3. The molecule has 2 nitrogen and oxygen atoms in total. The fourth-order valence-electron chi connectivity index (χ4n) is 2.51. The van der Waals surface area contributed by atoms with Crippen LogP contribution in [0.1, 0.15) is 68.5 Å². The SMILES string of the molecule is CCCCc1ccc2c(n1)C(O)CCCCC2. The van der Waals surface area contributed by atoms with E-state index in [0.717, 1.165) is 37.1 Å². The third-order valence-electron chi connectivity index (χ3n) is 3.60. The van der Waals surface area contributed by atoms with Crippen molar-refractivity contribution in [3.63, 3.8) is 0 Å². The average molecular weight is 233 g/mol. The van der Waals surface area contributed by atoms with E-state index in [1.54, 1.807) is 0 Å². The van der Waals surface area contributed by atoms with Crippen LogP contribution in [0, 0.1) is 0 Å². The van der Waals surface area contributed by atoms with Gasteiger partial charge in [0.1, 0.15) is 0 Å². The molecule has 0 saturated heterocycles. The minimum absolute atomic E-state index is 0.341. The normalized spacial score (nSPS) is 20.5. The molecule has 0 aliphatic heterocycles. The molecule has 1 aromatic heterocycles. The van der Waals surface area contributed by atoms with Crippen LogP contribution in [-0.2, 0) is 12.8 Å². The lowest BCUT2D eigenvalue weighted by Crippen LogP contribution is -2.10. The number of aliphatic hydroxyl groups is 1. The summed E-state index contributed by atoms with van der Waals surface area (Å²) in [7, 11) is 0. The molecule has 1 N–H and O–H groups in total. The Bertz CT molecular complexity index is 362. The van der Waals surface area contributed by atoms with Crippen LogP contribution in [0.4, 0.5) is 0 Å². The van der Waals surface area contributed by atoms with Crippen LogP contribution in [0.5, 0.6) is 0 Å². The molecule has 2 rings (SSSR count). The molecule has 0 aromatic carbocycles. The first-order chi connectivity index (χ1) is 8.31. The molecule has 1 aromatic rings. The molecule has 0 fully saturated rings. The molecule has 0 amide bonds. The fraction of sp³-hybridized carbons (Fsp3) is 0.667. The molecule has 0 radical (unpaired) electrons. The molecule has 94 valence electrons. The van der Waals surface area contributed by atoms with Crippen LogP contribution in [0.3, 0.4) is 0 Å². The highest BCUT2D eigenvalue weighted by atomic mass is 16.3. The van der Waals surface area contributed by atoms with Crippen molar-refractivity contribution in [2.45, 2.75) is 64.4 Å². The van der Waals surface area contributed by atoms with Gasteiger partial charge in [0.05, 0.1) is 11.8 Å². The number of pyridine rings is 1. The molecule has 1 aliphatic rings. The highest BCUT2D eigenvalue weighted by molar-refractivity contribution is 5.25. The Hall–Kier alpha value is -0.890. The molecule has 0 bridgehead atoms. The van der Waals surface area contributed by atoms with Crippen molar-refractivity contribution in [3.8, 4) is 0 Å². The minimum atomic E-state index is -0.341. The van der Waals surface area contributed by atoms with E-state index in [9.17, 15) is 5.11 Å². The second-order valence-corrected chi connectivity index (χ2v) is 5.07. The molecular weight excluding hydrogens is 210 g/mol. The molecular formula is C15H23NO. The molecule has 1 aliphatic carbocycles. The number of hydrogen-bond acceptors (Lipinski definition) is 2. The van der Waals surface area contributed by atoms with E-state index in [4.69, 9.17) is 0 Å². The van der Waals surface area contributed by atoms with Crippen LogP contribution < -0.4 is 0 Å². The van der Waals surface area contributed by atoms with Crippen molar-refractivity contribution in [1.82, 2.24) is 4.98 Å². The number of unbranched alkanes of at least 4 members (excludes halogenated alkanes) is 1. The lowest BCUT2D eigenvalue weighted by molar-refractivity contribution is 0.155. The second kappa shape index (κ2) is 6.15. The van der Waals surface area contributed by atoms with E-state index in [0.29, 0.717) is 0 Å². The third kappa shape index (κ3) is 3.29. The van der Waals surface area contributed by atoms with Crippen molar-refractivity contribution in [1.29, 1.82) is 0 Å². The maximum absolute atomic E-state index is 10.2. The van der Waals surface area contributed by atoms with E-state index >= 15 is 0 Å². The number of aryl methyl sites for hydroxylation is 2. The summed E-state index contributed by atoms with van der Waals surface area (Å²) >= 11 is 0. The van der Waals surface area contributed by atoms with Crippen molar-refractivity contribution in [2.24, 2.45) is 0 Å². The van der Waals surface area contributed by atoms with Crippen molar-refractivity contribution < 1.29 is 5.11 Å². The van der Waals surface area contributed by atoms with Crippen LogP contribution in [0.25, 0.3) is 0 Å². The van der Waals surface area contributed by atoms with Crippen molar-refractivity contribution in [3.05, 3.63) is 29.1 Å². The Morgan fingerprint density at radius 2 is 2.18 bits per heavy atom. The monoisotopic (exact) mass is 233 g/mol. The Labute approximate surface area is 104 Å². The van der Waals surface area contributed by atoms with Gasteiger partial charge in [-0.1, -0.05) is 32.3 Å². The first-order valence-corrected chi connectivity index (χ1v) is 6.98. The number of aliphatic hydroxyl groups excluding tert-OH is 1. The van der Waals surface area contributed by atoms with Crippen LogP contribution >= 0.6 is 0 Å². The lowest BCUT2D eigenvalue weighted by Gasteiger charge is -2.18. The predicted octanol–water partition coefficient (Wildman–Crippen LogP) is 3.57. The molecule has 1 atom stereocenters. The van der Waals surface area contributed by atoms with Gasteiger partial charge in [0.15, 0.2) is 0 Å². The van der Waals surface area contributed by atoms with Crippen LogP contribution in [-0.4, -0.2) is 10.1 Å². The van der Waals surface area contributed by atoms with Crippen molar-refractivity contribution >= 4 is 0 Å². The Morgan fingerprint density at radius 1 is 1.29 bits per heavy atom. The molecule has 17 heavy (non-hydrogen) atoms. The van der Waals surface area contributed by atoms with E-state index in [-0.39, 0.29) is 6.10 Å². The van der Waals surface area contributed by atoms with Gasteiger partial charge in [-0.05, 0) is 43.7 Å². The summed E-state index contributed by atoms with van der Waals surface area (Å²) in [6.07, 6.45) is 8.61. The van der Waals surface area contributed by atoms with E-state index in [1.807, 2.05) is 0 Å². The van der Waals surface area contributed by atoms with E-state index < -0.39 is 0 Å². The first kappa shape index (κ1) is 12.6. The van der Waals surface area contributed by atoms with Gasteiger partial charge in [0.2, 0.25) is 0 Å². The Balaban J connectivity index is 2.20. The summed E-state index contributed by atoms with van der Waals surface area (Å²) in [5.74, 6) is 0. The summed E-state index contributed by atoms with van der Waals surface area (Å²) in [6, 6.07) is 4.32. The number of hydrogen-bond donors (Lipinski definition) is 1. The van der Waals surface area contributed by atoms with Crippen LogP contribution in [0.15, 0.2) is 12.1 Å². The third-order valence-corrected chi connectivity index (χ3v) is 3.60. The van der Waals surface area contributed by atoms with E-state index in [2.05, 4.69) is 24.0 Å². The summed E-state index contributed by atoms with van der Waals surface area (Å²) in [4.78, 5) is 4.68. The molecule has 0 saturated carbocycles. The minimum Gasteiger partial charge on any atom is -0.387 e. The summed E-state index contributed by atoms with van der Waals surface area (Å²) in [5, 5.41) is 10.2. The zero-order valence-corrected chi connectivity index (χ0v) is 10.8. The smallest absolute Gasteiger partial charge is 0.0962 e. The highest BCUT2D eigenvalue weighted by Crippen LogP contribution is 2.26. The number of nitrogens with zero attached hydrogens (tertiary/aromatic N) is 1. The maximum atomic E-state index is 10.2. The summed E-state index contributed by atoms with van der Waals surface area (Å²) in [6.45, 7) is 2.20. The molecule has 0 spiro atoms. The quantitative estimate of drug-likeness (QED) is 0.865. The second-order valence-electron chi connectivity index (χ2n) is 5.07. The van der Waals surface area contributed by atoms with Crippen molar-refractivity contribution in [2.75, 3.05) is 0 Å². The van der Waals surface area contributed by atoms with Gasteiger partial charge >= 0.3 is 0 Å². The highest BCUT2D eigenvalue weighted by Gasteiger charge is 2.16. The van der Waals surface area contributed by atoms with Gasteiger partial charge in [-0.2, -0.15) is 0 Å². The fourth-order valence-corrected chi connectivity index (χ4v) is 2.51. The maximum Gasteiger partial charge on any atom is 0.0962 e. The summed E-state index contributed by atoms with van der Waals surface area (Å²) in [5.41, 5.74) is 3.36. The number of fused-ring (bicyclic) bond motifs is 1. The summed E-state index contributed by atoms with van der Waals surface area (Å²) < 4.78 is 0. The Morgan fingerprint density at radius 3 is 3.00 bits per heavy atom. The number of aromatic nitrogens is 1. The van der Waals surface area contributed by atoms with Gasteiger partial charge < -0.3 is 5.11 Å². The average Bonchev–Trinajstić information content (AvgIpc) is 2.34. The van der Waals surface area contributed by atoms with Gasteiger partial charge in [-0.15, -0.1) is 0 Å². The predicted molar refractivity (Wildman–Crippen MR) is 70.0 cm³/mol. The first-order valence-electron chi connectivity index (χ1n) is 6.98. The molecule has 1 heterocycles. The Kier molecular flexibility index (Phi) is 4.55. The zero-order valence-electron chi connectivity index (χ0n) is 10.8. The topological polar surface area (TPSA) is 33.1 Å². The van der Waals surface area contributed by atoms with E-state index in [1.165, 1.54) is 31.2 Å². The molecule has 2 heteroatoms. The van der Waals surface area contributed by atoms with Gasteiger partial charge in [0.25, 0.3) is 0 Å². The van der Waals surface area contributed by atoms with Gasteiger partial charge in [-0.25, -0.2) is 0 Å². The standard InChI is InChI=1S/C15H23NO/c1-2-3-8-13-11-10-12-7-5-4-6-9-14(17)15(12)16-13/h10-11,14,17H,2-9H2,1H3. The van der Waals surface area contributed by atoms with Gasteiger partial charge in [-0.3, -0.25) is 4.98 Å².